The molecule has 1 unspecified atom stereocenters. The molecule has 1 aliphatic carbocycles. The lowest BCUT2D eigenvalue weighted by atomic mass is 9.90. The number of aryl methyl sites for hydroxylation is 1. The molecular formula is C9H11BrS. The van der Waals surface area contributed by atoms with Crippen LogP contribution in [-0.4, -0.2) is 0 Å². The van der Waals surface area contributed by atoms with Gasteiger partial charge in [-0.05, 0) is 52.7 Å². The molecule has 1 aromatic rings. The molecule has 1 aromatic heterocycles. The van der Waals surface area contributed by atoms with Crippen LogP contribution in [0.15, 0.2) is 9.85 Å². The second-order valence-electron chi connectivity index (χ2n) is 3.35. The minimum absolute atomic E-state index is 0.893. The largest absolute Gasteiger partial charge is 0.133 e. The quantitative estimate of drug-likeness (QED) is 0.639. The summed E-state index contributed by atoms with van der Waals surface area (Å²) in [7, 11) is 0. The van der Waals surface area contributed by atoms with Crippen LogP contribution in [0.2, 0.25) is 0 Å². The van der Waals surface area contributed by atoms with Gasteiger partial charge < -0.3 is 0 Å². The summed E-state index contributed by atoms with van der Waals surface area (Å²) >= 11 is 5.44. The van der Waals surface area contributed by atoms with E-state index in [-0.39, 0.29) is 0 Å². The van der Waals surface area contributed by atoms with Crippen molar-refractivity contribution in [3.8, 4) is 0 Å². The third kappa shape index (κ3) is 1.52. The molecule has 0 spiro atoms. The molecule has 2 heteroatoms. The average molecular weight is 231 g/mol. The van der Waals surface area contributed by atoms with E-state index in [2.05, 4.69) is 28.9 Å². The fourth-order valence-corrected chi connectivity index (χ4v) is 3.46. The second-order valence-corrected chi connectivity index (χ2v) is 5.86. The van der Waals surface area contributed by atoms with Gasteiger partial charge in [-0.25, -0.2) is 0 Å². The van der Waals surface area contributed by atoms with E-state index in [0.29, 0.717) is 0 Å². The molecule has 60 valence electrons. The van der Waals surface area contributed by atoms with Crippen molar-refractivity contribution in [2.75, 3.05) is 0 Å². The lowest BCUT2D eigenvalue weighted by molar-refractivity contribution is 0.506. The van der Waals surface area contributed by atoms with Crippen LogP contribution < -0.4 is 0 Å². The first-order valence-electron chi connectivity index (χ1n) is 4.03. The number of fused-ring (bicyclic) bond motifs is 1. The van der Waals surface area contributed by atoms with Crippen LogP contribution in [0.5, 0.6) is 0 Å². The van der Waals surface area contributed by atoms with E-state index in [4.69, 9.17) is 0 Å². The van der Waals surface area contributed by atoms with Crippen molar-refractivity contribution in [1.29, 1.82) is 0 Å². The zero-order valence-electron chi connectivity index (χ0n) is 6.56. The smallest absolute Gasteiger partial charge is 0.0704 e. The highest BCUT2D eigenvalue weighted by Crippen LogP contribution is 2.34. The van der Waals surface area contributed by atoms with Gasteiger partial charge in [-0.15, -0.1) is 11.3 Å². The van der Waals surface area contributed by atoms with Crippen molar-refractivity contribution in [3.05, 3.63) is 20.3 Å². The Morgan fingerprint density at radius 3 is 3.27 bits per heavy atom. The third-order valence-electron chi connectivity index (χ3n) is 2.30. The van der Waals surface area contributed by atoms with Crippen LogP contribution in [0.4, 0.5) is 0 Å². The summed E-state index contributed by atoms with van der Waals surface area (Å²) < 4.78 is 1.30. The van der Waals surface area contributed by atoms with Crippen molar-refractivity contribution in [2.45, 2.75) is 26.2 Å². The van der Waals surface area contributed by atoms with E-state index >= 15 is 0 Å². The minimum atomic E-state index is 0.893. The summed E-state index contributed by atoms with van der Waals surface area (Å²) in [5, 5.41) is 0. The predicted molar refractivity (Wildman–Crippen MR) is 53.2 cm³/mol. The Balaban J connectivity index is 2.34. The monoisotopic (exact) mass is 230 g/mol. The third-order valence-corrected chi connectivity index (χ3v) is 4.04. The van der Waals surface area contributed by atoms with E-state index in [1.807, 2.05) is 11.3 Å². The van der Waals surface area contributed by atoms with E-state index in [1.54, 1.807) is 10.4 Å². The van der Waals surface area contributed by atoms with Gasteiger partial charge in [-0.2, -0.15) is 0 Å². The lowest BCUT2D eigenvalue weighted by Gasteiger charge is -2.16. The van der Waals surface area contributed by atoms with Gasteiger partial charge in [0.2, 0.25) is 0 Å². The number of halogens is 1. The predicted octanol–water partition coefficient (Wildman–Crippen LogP) is 3.64. The Morgan fingerprint density at radius 1 is 1.64 bits per heavy atom. The molecule has 0 bridgehead atoms. The molecule has 1 aliphatic rings. The molecule has 0 aromatic carbocycles. The fourth-order valence-electron chi connectivity index (χ4n) is 1.67. The Kier molecular flexibility index (Phi) is 2.06. The molecule has 11 heavy (non-hydrogen) atoms. The first kappa shape index (κ1) is 7.81. The minimum Gasteiger partial charge on any atom is -0.133 e. The van der Waals surface area contributed by atoms with Gasteiger partial charge in [-0.1, -0.05) is 6.92 Å². The van der Waals surface area contributed by atoms with Crippen LogP contribution in [0, 0.1) is 5.92 Å². The van der Waals surface area contributed by atoms with Crippen LogP contribution in [0.1, 0.15) is 23.8 Å². The second kappa shape index (κ2) is 2.91. The van der Waals surface area contributed by atoms with Gasteiger partial charge in [0.15, 0.2) is 0 Å². The topological polar surface area (TPSA) is 0 Å². The van der Waals surface area contributed by atoms with Crippen molar-refractivity contribution < 1.29 is 0 Å². The zero-order chi connectivity index (χ0) is 7.84. The zero-order valence-corrected chi connectivity index (χ0v) is 8.96. The Bertz CT molecular complexity index is 265. The van der Waals surface area contributed by atoms with E-state index < -0.39 is 0 Å². The van der Waals surface area contributed by atoms with Crippen molar-refractivity contribution in [2.24, 2.45) is 5.92 Å². The van der Waals surface area contributed by atoms with Crippen molar-refractivity contribution in [3.63, 3.8) is 0 Å². The molecular weight excluding hydrogens is 220 g/mol. The lowest BCUT2D eigenvalue weighted by Crippen LogP contribution is -2.07. The Hall–Kier alpha value is 0.180. The highest BCUT2D eigenvalue weighted by atomic mass is 79.9. The molecule has 1 heterocycles. The summed E-state index contributed by atoms with van der Waals surface area (Å²) in [6, 6.07) is 2.29. The number of rotatable bonds is 0. The molecule has 0 N–H and O–H groups in total. The van der Waals surface area contributed by atoms with Crippen molar-refractivity contribution >= 4 is 27.3 Å². The van der Waals surface area contributed by atoms with Gasteiger partial charge in [-0.3, -0.25) is 0 Å². The van der Waals surface area contributed by atoms with Gasteiger partial charge in [0.25, 0.3) is 0 Å². The summed E-state index contributed by atoms with van der Waals surface area (Å²) in [6.45, 7) is 2.34. The average Bonchev–Trinajstić information content (AvgIpc) is 2.27. The Labute approximate surface area is 79.8 Å². The summed E-state index contributed by atoms with van der Waals surface area (Å²) in [4.78, 5) is 1.61. The molecule has 0 aliphatic heterocycles. The van der Waals surface area contributed by atoms with Gasteiger partial charge >= 0.3 is 0 Å². The molecule has 0 amide bonds. The van der Waals surface area contributed by atoms with Gasteiger partial charge in [0.05, 0.1) is 3.79 Å². The van der Waals surface area contributed by atoms with Crippen LogP contribution in [0.25, 0.3) is 0 Å². The van der Waals surface area contributed by atoms with E-state index in [9.17, 15) is 0 Å². The normalized spacial score (nSPS) is 23.3. The molecule has 0 saturated carbocycles. The van der Waals surface area contributed by atoms with Crippen LogP contribution >= 0.6 is 27.3 Å². The number of thiophene rings is 1. The number of hydrogen-bond acceptors (Lipinski definition) is 1. The molecule has 0 saturated heterocycles. The SMILES string of the molecule is CC1CCc2sc(Br)cc2C1. The highest BCUT2D eigenvalue weighted by Gasteiger charge is 2.16. The van der Waals surface area contributed by atoms with Gasteiger partial charge in [0.1, 0.15) is 0 Å². The molecule has 1 atom stereocenters. The van der Waals surface area contributed by atoms with E-state index in [1.165, 1.54) is 23.0 Å². The van der Waals surface area contributed by atoms with E-state index in [0.717, 1.165) is 5.92 Å². The van der Waals surface area contributed by atoms with Gasteiger partial charge in [0, 0.05) is 4.88 Å². The van der Waals surface area contributed by atoms with Crippen molar-refractivity contribution in [1.82, 2.24) is 0 Å². The maximum atomic E-state index is 3.53. The molecule has 0 radical (unpaired) electrons. The molecule has 0 nitrogen and oxygen atoms in total. The fraction of sp³-hybridized carbons (Fsp3) is 0.556. The maximum absolute atomic E-state index is 3.53. The highest BCUT2D eigenvalue weighted by molar-refractivity contribution is 9.11. The standard InChI is InChI=1S/C9H11BrS/c1-6-2-3-8-7(4-6)5-9(10)11-8/h5-6H,2-4H2,1H3. The Morgan fingerprint density at radius 2 is 2.45 bits per heavy atom. The summed E-state index contributed by atoms with van der Waals surface area (Å²) in [5.74, 6) is 0.893. The molecule has 0 fully saturated rings. The first-order chi connectivity index (χ1) is 5.25. The summed E-state index contributed by atoms with van der Waals surface area (Å²) in [6.07, 6.45) is 3.96. The maximum Gasteiger partial charge on any atom is 0.0704 e. The van der Waals surface area contributed by atoms with Crippen LogP contribution in [-0.2, 0) is 12.8 Å². The summed E-state index contributed by atoms with van der Waals surface area (Å²) in [5.41, 5.74) is 1.58. The molecule has 2 rings (SSSR count). The first-order valence-corrected chi connectivity index (χ1v) is 5.64. The number of hydrogen-bond donors (Lipinski definition) is 0. The van der Waals surface area contributed by atoms with Crippen LogP contribution in [0.3, 0.4) is 0 Å².